The number of halogens is 1. The molecule has 45 heavy (non-hydrogen) atoms. The Balaban J connectivity index is 1.39. The number of urea groups is 1. The van der Waals surface area contributed by atoms with Crippen molar-refractivity contribution in [3.63, 3.8) is 0 Å². The normalized spacial score (nSPS) is 20.3. The van der Waals surface area contributed by atoms with E-state index in [4.69, 9.17) is 0 Å². The number of hydrogen-bond donors (Lipinski definition) is 5. The summed E-state index contributed by atoms with van der Waals surface area (Å²) < 4.78 is 13.6. The monoisotopic (exact) mass is 619 g/mol. The number of benzene rings is 2. The molecule has 11 heteroatoms. The molecule has 2 heterocycles. The zero-order chi connectivity index (χ0) is 32.3. The first kappa shape index (κ1) is 32.0. The van der Waals surface area contributed by atoms with Crippen LogP contribution in [0.3, 0.4) is 0 Å². The van der Waals surface area contributed by atoms with E-state index in [0.717, 1.165) is 47.9 Å². The number of aromatic amines is 1. The van der Waals surface area contributed by atoms with E-state index in [-0.39, 0.29) is 23.9 Å². The molecule has 0 unspecified atom stereocenters. The highest BCUT2D eigenvalue weighted by Crippen LogP contribution is 2.36. The summed E-state index contributed by atoms with van der Waals surface area (Å²) in [6.07, 6.45) is 5.52. The molecule has 1 saturated carbocycles. The number of carbonyl (C=O) groups is 4. The maximum absolute atomic E-state index is 13.9. The Kier molecular flexibility index (Phi) is 9.45. The van der Waals surface area contributed by atoms with E-state index in [0.29, 0.717) is 31.3 Å². The molecule has 3 aromatic rings. The van der Waals surface area contributed by atoms with Gasteiger partial charge >= 0.3 is 12.0 Å². The zero-order valence-corrected chi connectivity index (χ0v) is 25.9. The Morgan fingerprint density at radius 1 is 0.978 bits per heavy atom. The number of nitrogens with one attached hydrogen (secondary N) is 4. The topological polar surface area (TPSA) is 144 Å². The lowest BCUT2D eigenvalue weighted by Gasteiger charge is -2.34. The lowest BCUT2D eigenvalue weighted by Crippen LogP contribution is -2.60. The van der Waals surface area contributed by atoms with E-state index in [1.807, 2.05) is 38.1 Å². The summed E-state index contributed by atoms with van der Waals surface area (Å²) in [5.74, 6) is -2.12. The van der Waals surface area contributed by atoms with Crippen LogP contribution >= 0.6 is 0 Å². The summed E-state index contributed by atoms with van der Waals surface area (Å²) >= 11 is 0. The van der Waals surface area contributed by atoms with Gasteiger partial charge < -0.3 is 30.9 Å². The standard InChI is InChI=1S/C34H42FN5O5/c1-20(2)14-28(38-33(45)40-18-21-8-9-22(15-21)19-40)30(41)37-29(16-23-17-36-27-7-5-4-6-26(23)27)31(42)39-34(3,32(43)44)24-10-12-25(35)13-11-24/h4-7,10-13,17,20-22,28-29,36H,8-9,14-16,18-19H2,1-3H3,(H,37,41)(H,38,45)(H,39,42)(H,43,44)/t21-,22+,28-,29+,34+/m0/s1. The molecule has 1 aliphatic heterocycles. The lowest BCUT2D eigenvalue weighted by molar-refractivity contribution is -0.147. The van der Waals surface area contributed by atoms with Crippen molar-refractivity contribution in [1.29, 1.82) is 0 Å². The van der Waals surface area contributed by atoms with Gasteiger partial charge in [0.2, 0.25) is 11.8 Å². The fraction of sp³-hybridized carbons (Fsp3) is 0.471. The van der Waals surface area contributed by atoms with Gasteiger partial charge in [0.25, 0.3) is 0 Å². The number of H-pyrrole nitrogens is 1. The molecule has 240 valence electrons. The number of para-hydroxylation sites is 1. The van der Waals surface area contributed by atoms with Gasteiger partial charge in [-0.2, -0.15) is 0 Å². The highest BCUT2D eigenvalue weighted by atomic mass is 19.1. The number of amides is 4. The van der Waals surface area contributed by atoms with E-state index in [9.17, 15) is 28.7 Å². The van der Waals surface area contributed by atoms with Gasteiger partial charge in [-0.1, -0.05) is 44.2 Å². The smallest absolute Gasteiger partial charge is 0.333 e. The third-order valence-electron chi connectivity index (χ3n) is 9.17. The predicted molar refractivity (Wildman–Crippen MR) is 168 cm³/mol. The molecule has 1 aliphatic carbocycles. The van der Waals surface area contributed by atoms with Crippen LogP contribution in [0.5, 0.6) is 0 Å². The molecule has 2 aliphatic rings. The van der Waals surface area contributed by atoms with Crippen LogP contribution < -0.4 is 16.0 Å². The second-order valence-corrected chi connectivity index (χ2v) is 13.1. The van der Waals surface area contributed by atoms with Crippen molar-refractivity contribution in [3.8, 4) is 0 Å². The van der Waals surface area contributed by atoms with Crippen LogP contribution in [0.15, 0.2) is 54.7 Å². The first-order valence-corrected chi connectivity index (χ1v) is 15.6. The molecule has 0 radical (unpaired) electrons. The van der Waals surface area contributed by atoms with Crippen molar-refractivity contribution < 1.29 is 28.7 Å². The van der Waals surface area contributed by atoms with E-state index in [2.05, 4.69) is 20.9 Å². The third-order valence-corrected chi connectivity index (χ3v) is 9.17. The maximum Gasteiger partial charge on any atom is 0.333 e. The minimum absolute atomic E-state index is 0.0541. The molecule has 5 atom stereocenters. The van der Waals surface area contributed by atoms with Crippen LogP contribution in [0.1, 0.15) is 57.6 Å². The van der Waals surface area contributed by atoms with Crippen LogP contribution in [0.4, 0.5) is 9.18 Å². The first-order valence-electron chi connectivity index (χ1n) is 15.6. The summed E-state index contributed by atoms with van der Waals surface area (Å²) in [4.78, 5) is 58.6. The van der Waals surface area contributed by atoms with E-state index in [1.165, 1.54) is 19.1 Å². The number of fused-ring (bicyclic) bond motifs is 3. The average Bonchev–Trinajstić information content (AvgIpc) is 3.57. The fourth-order valence-corrected chi connectivity index (χ4v) is 6.68. The van der Waals surface area contributed by atoms with E-state index in [1.54, 1.807) is 11.1 Å². The number of aromatic nitrogens is 1. The highest BCUT2D eigenvalue weighted by molar-refractivity contribution is 5.95. The van der Waals surface area contributed by atoms with Gasteiger partial charge in [-0.05, 0) is 79.7 Å². The summed E-state index contributed by atoms with van der Waals surface area (Å²) in [6.45, 7) is 6.55. The second-order valence-electron chi connectivity index (χ2n) is 13.1. The van der Waals surface area contributed by atoms with Gasteiger partial charge in [0.05, 0.1) is 0 Å². The number of aliphatic carboxylic acids is 1. The molecule has 2 aromatic carbocycles. The van der Waals surface area contributed by atoms with Crippen LogP contribution in [0.25, 0.3) is 10.9 Å². The Bertz CT molecular complexity index is 1540. The summed E-state index contributed by atoms with van der Waals surface area (Å²) in [7, 11) is 0. The van der Waals surface area contributed by atoms with Gasteiger partial charge in [-0.15, -0.1) is 0 Å². The molecule has 2 bridgehead atoms. The number of carbonyl (C=O) groups excluding carboxylic acids is 3. The molecule has 5 rings (SSSR count). The van der Waals surface area contributed by atoms with Gasteiger partial charge in [0.15, 0.2) is 5.54 Å². The quantitative estimate of drug-likeness (QED) is 0.217. The molecule has 0 spiro atoms. The van der Waals surface area contributed by atoms with Crippen LogP contribution in [-0.4, -0.2) is 64.0 Å². The number of hydrogen-bond acceptors (Lipinski definition) is 4. The van der Waals surface area contributed by atoms with E-state index >= 15 is 0 Å². The largest absolute Gasteiger partial charge is 0.479 e. The minimum Gasteiger partial charge on any atom is -0.479 e. The number of likely N-dealkylation sites (tertiary alicyclic amines) is 1. The van der Waals surface area contributed by atoms with Crippen molar-refractivity contribution in [3.05, 3.63) is 71.7 Å². The molecule has 10 nitrogen and oxygen atoms in total. The molecule has 1 saturated heterocycles. The lowest BCUT2D eigenvalue weighted by atomic mass is 9.91. The second kappa shape index (κ2) is 13.3. The zero-order valence-electron chi connectivity index (χ0n) is 25.9. The van der Waals surface area contributed by atoms with Gasteiger partial charge in [0.1, 0.15) is 17.9 Å². The van der Waals surface area contributed by atoms with E-state index < -0.39 is 41.2 Å². The average molecular weight is 620 g/mol. The maximum atomic E-state index is 13.9. The summed E-state index contributed by atoms with van der Waals surface area (Å²) in [5.41, 5.74) is -0.145. The number of carboxylic acids is 1. The minimum atomic E-state index is -1.91. The van der Waals surface area contributed by atoms with Crippen LogP contribution in [-0.2, 0) is 26.3 Å². The third kappa shape index (κ3) is 7.29. The first-order chi connectivity index (χ1) is 21.4. The van der Waals surface area contributed by atoms with Crippen molar-refractivity contribution in [2.75, 3.05) is 13.1 Å². The molecular weight excluding hydrogens is 577 g/mol. The van der Waals surface area contributed by atoms with Gasteiger partial charge in [-0.3, -0.25) is 9.59 Å². The number of piperidine rings is 1. The van der Waals surface area contributed by atoms with Gasteiger partial charge in [-0.25, -0.2) is 14.0 Å². The Morgan fingerprint density at radius 3 is 2.29 bits per heavy atom. The highest BCUT2D eigenvalue weighted by Gasteiger charge is 2.40. The SMILES string of the molecule is CC(C)C[C@H](NC(=O)N1C[C@@H]2CC[C@@H](C2)C1)C(=O)N[C@H](Cc1c[nH]c2ccccc12)C(=O)N[C@@](C)(C(=O)O)c1ccc(F)cc1. The van der Waals surface area contributed by atoms with Gasteiger partial charge in [0, 0.05) is 36.6 Å². The number of rotatable bonds is 11. The number of carboxylic acid groups (broad SMARTS) is 1. The molecule has 5 N–H and O–H groups in total. The molecule has 2 fully saturated rings. The van der Waals surface area contributed by atoms with Crippen molar-refractivity contribution >= 4 is 34.7 Å². The molecular formula is C34H42FN5O5. The Morgan fingerprint density at radius 2 is 1.64 bits per heavy atom. The molecule has 4 amide bonds. The van der Waals surface area contributed by atoms with Crippen molar-refractivity contribution in [1.82, 2.24) is 25.8 Å². The van der Waals surface area contributed by atoms with Crippen molar-refractivity contribution in [2.24, 2.45) is 17.8 Å². The van der Waals surface area contributed by atoms with Crippen LogP contribution in [0, 0.1) is 23.6 Å². The van der Waals surface area contributed by atoms with Crippen LogP contribution in [0.2, 0.25) is 0 Å². The van der Waals surface area contributed by atoms with Crippen molar-refractivity contribution in [2.45, 2.75) is 70.5 Å². The fourth-order valence-electron chi connectivity index (χ4n) is 6.68. The molecule has 1 aromatic heterocycles. The summed E-state index contributed by atoms with van der Waals surface area (Å²) in [6, 6.07) is 10.0. The summed E-state index contributed by atoms with van der Waals surface area (Å²) in [5, 5.41) is 19.4. The predicted octanol–water partition coefficient (Wildman–Crippen LogP) is 4.31. The Labute approximate surface area is 262 Å². The number of nitrogens with zero attached hydrogens (tertiary/aromatic N) is 1. The Hall–Kier alpha value is -4.41.